The van der Waals surface area contributed by atoms with Crippen LogP contribution >= 0.6 is 35.2 Å². The van der Waals surface area contributed by atoms with Crippen LogP contribution in [0.1, 0.15) is 12.1 Å². The lowest BCUT2D eigenvalue weighted by Gasteiger charge is -2.16. The minimum Gasteiger partial charge on any atom is -0.296 e. The maximum Gasteiger partial charge on any atom is 0.228 e. The van der Waals surface area contributed by atoms with E-state index in [1.54, 1.807) is 4.90 Å². The Balaban J connectivity index is 2.24. The number of carbonyl (C=O) groups excluding carboxylic acids is 1. The first kappa shape index (κ1) is 12.2. The molecule has 1 amide bonds. The molecule has 0 bridgehead atoms. The van der Waals surface area contributed by atoms with Gasteiger partial charge >= 0.3 is 0 Å². The SMILES string of the molecule is Cc1nc(N2CC(CS)CC2=O)ccc1I. The number of aromatic nitrogens is 1. The molecule has 1 aromatic rings. The van der Waals surface area contributed by atoms with Crippen LogP contribution in [0.15, 0.2) is 12.1 Å². The van der Waals surface area contributed by atoms with Crippen molar-refractivity contribution >= 4 is 46.9 Å². The first-order valence-electron chi connectivity index (χ1n) is 5.16. The van der Waals surface area contributed by atoms with Crippen molar-refractivity contribution in [3.63, 3.8) is 0 Å². The van der Waals surface area contributed by atoms with Crippen LogP contribution in [0, 0.1) is 16.4 Å². The number of anilines is 1. The quantitative estimate of drug-likeness (QED) is 0.657. The largest absolute Gasteiger partial charge is 0.296 e. The molecule has 0 aromatic carbocycles. The third kappa shape index (κ3) is 2.34. The van der Waals surface area contributed by atoms with Gasteiger partial charge in [0, 0.05) is 16.5 Å². The summed E-state index contributed by atoms with van der Waals surface area (Å²) in [5.41, 5.74) is 0.972. The van der Waals surface area contributed by atoms with E-state index in [1.165, 1.54) is 0 Å². The highest BCUT2D eigenvalue weighted by atomic mass is 127. The smallest absolute Gasteiger partial charge is 0.228 e. The molecule has 1 saturated heterocycles. The molecule has 0 radical (unpaired) electrons. The van der Waals surface area contributed by atoms with Crippen molar-refractivity contribution in [2.75, 3.05) is 17.2 Å². The Morgan fingerprint density at radius 2 is 2.38 bits per heavy atom. The highest BCUT2D eigenvalue weighted by Crippen LogP contribution is 2.25. The number of nitrogens with zero attached hydrogens (tertiary/aromatic N) is 2. The third-order valence-corrected chi connectivity index (χ3v) is 4.40. The van der Waals surface area contributed by atoms with Crippen LogP contribution in [0.2, 0.25) is 0 Å². The summed E-state index contributed by atoms with van der Waals surface area (Å²) in [5, 5.41) is 0. The Bertz CT molecular complexity index is 424. The molecule has 0 aliphatic carbocycles. The predicted molar refractivity (Wildman–Crippen MR) is 76.0 cm³/mol. The molecule has 1 aliphatic heterocycles. The summed E-state index contributed by atoms with van der Waals surface area (Å²) in [6.45, 7) is 2.71. The molecule has 86 valence electrons. The van der Waals surface area contributed by atoms with Gasteiger partial charge in [-0.25, -0.2) is 4.98 Å². The van der Waals surface area contributed by atoms with Crippen LogP contribution in [0.5, 0.6) is 0 Å². The summed E-state index contributed by atoms with van der Waals surface area (Å²) in [5.74, 6) is 2.04. The Hall–Kier alpha value is -0.300. The number of pyridine rings is 1. The zero-order valence-corrected chi connectivity index (χ0v) is 12.0. The molecule has 1 aliphatic rings. The molecule has 1 unspecified atom stereocenters. The van der Waals surface area contributed by atoms with E-state index in [-0.39, 0.29) is 5.91 Å². The van der Waals surface area contributed by atoms with E-state index in [4.69, 9.17) is 0 Å². The predicted octanol–water partition coefficient (Wildman–Crippen LogP) is 2.28. The first-order valence-corrected chi connectivity index (χ1v) is 6.87. The fourth-order valence-corrected chi connectivity index (χ4v) is 2.35. The molecular formula is C11H13IN2OS. The third-order valence-electron chi connectivity index (χ3n) is 2.75. The average Bonchev–Trinajstić information content (AvgIpc) is 2.64. The maximum absolute atomic E-state index is 11.8. The number of thiol groups is 1. The van der Waals surface area contributed by atoms with Crippen molar-refractivity contribution in [1.29, 1.82) is 0 Å². The first-order chi connectivity index (χ1) is 7.61. The van der Waals surface area contributed by atoms with Gasteiger partial charge in [0.15, 0.2) is 0 Å². The van der Waals surface area contributed by atoms with E-state index < -0.39 is 0 Å². The molecule has 0 N–H and O–H groups in total. The number of hydrogen-bond donors (Lipinski definition) is 1. The summed E-state index contributed by atoms with van der Waals surface area (Å²) in [6, 6.07) is 3.91. The Labute approximate surface area is 114 Å². The summed E-state index contributed by atoms with van der Waals surface area (Å²) in [4.78, 5) is 18.0. The molecule has 1 atom stereocenters. The normalized spacial score (nSPS) is 20.6. The Kier molecular flexibility index (Phi) is 3.73. The van der Waals surface area contributed by atoms with Crippen LogP contribution in [-0.2, 0) is 4.79 Å². The molecule has 2 heterocycles. The van der Waals surface area contributed by atoms with Crippen LogP contribution < -0.4 is 4.90 Å². The van der Waals surface area contributed by atoms with Crippen molar-refractivity contribution in [1.82, 2.24) is 4.98 Å². The van der Waals surface area contributed by atoms with E-state index in [0.717, 1.165) is 27.4 Å². The van der Waals surface area contributed by atoms with Crippen LogP contribution in [0.3, 0.4) is 0 Å². The number of amides is 1. The van der Waals surface area contributed by atoms with Crippen LogP contribution in [0.25, 0.3) is 0 Å². The summed E-state index contributed by atoms with van der Waals surface area (Å²) in [6.07, 6.45) is 0.593. The van der Waals surface area contributed by atoms with Gasteiger partial charge in [-0.05, 0) is 53.3 Å². The number of halogens is 1. The number of aryl methyl sites for hydroxylation is 1. The van der Waals surface area contributed by atoms with Gasteiger partial charge in [0.1, 0.15) is 5.82 Å². The molecule has 16 heavy (non-hydrogen) atoms. The average molecular weight is 348 g/mol. The molecule has 0 saturated carbocycles. The van der Waals surface area contributed by atoms with Crippen molar-refractivity contribution in [3.8, 4) is 0 Å². The Morgan fingerprint density at radius 1 is 1.62 bits per heavy atom. The standard InChI is InChI=1S/C11H13IN2OS/c1-7-9(12)2-3-10(13-7)14-5-8(6-16)4-11(14)15/h2-3,8,16H,4-6H2,1H3. The lowest BCUT2D eigenvalue weighted by molar-refractivity contribution is -0.117. The molecule has 5 heteroatoms. The van der Waals surface area contributed by atoms with Gasteiger partial charge in [-0.3, -0.25) is 9.69 Å². The fourth-order valence-electron chi connectivity index (χ4n) is 1.81. The molecule has 2 rings (SSSR count). The minimum absolute atomic E-state index is 0.159. The van der Waals surface area contributed by atoms with E-state index in [9.17, 15) is 4.79 Å². The molecule has 1 fully saturated rings. The number of carbonyl (C=O) groups is 1. The number of hydrogen-bond acceptors (Lipinski definition) is 3. The van der Waals surface area contributed by atoms with Gasteiger partial charge < -0.3 is 0 Å². The second kappa shape index (κ2) is 4.91. The maximum atomic E-state index is 11.8. The summed E-state index contributed by atoms with van der Waals surface area (Å²) >= 11 is 6.49. The minimum atomic E-state index is 0.159. The van der Waals surface area contributed by atoms with Crippen LogP contribution in [-0.4, -0.2) is 23.2 Å². The van der Waals surface area contributed by atoms with Gasteiger partial charge in [-0.1, -0.05) is 0 Å². The summed E-state index contributed by atoms with van der Waals surface area (Å²) < 4.78 is 1.12. The highest BCUT2D eigenvalue weighted by molar-refractivity contribution is 14.1. The number of rotatable bonds is 2. The topological polar surface area (TPSA) is 33.2 Å². The molecular weight excluding hydrogens is 335 g/mol. The van der Waals surface area contributed by atoms with Crippen molar-refractivity contribution in [2.24, 2.45) is 5.92 Å². The lowest BCUT2D eigenvalue weighted by Crippen LogP contribution is -2.25. The van der Waals surface area contributed by atoms with E-state index in [0.29, 0.717) is 12.3 Å². The van der Waals surface area contributed by atoms with Crippen molar-refractivity contribution < 1.29 is 4.79 Å². The summed E-state index contributed by atoms with van der Waals surface area (Å²) in [7, 11) is 0. The van der Waals surface area contributed by atoms with Crippen LogP contribution in [0.4, 0.5) is 5.82 Å². The van der Waals surface area contributed by atoms with Gasteiger partial charge in [-0.2, -0.15) is 12.6 Å². The zero-order chi connectivity index (χ0) is 11.7. The second-order valence-electron chi connectivity index (χ2n) is 3.99. The van der Waals surface area contributed by atoms with E-state index >= 15 is 0 Å². The zero-order valence-electron chi connectivity index (χ0n) is 8.98. The fraction of sp³-hybridized carbons (Fsp3) is 0.455. The molecule has 0 spiro atoms. The van der Waals surface area contributed by atoms with E-state index in [2.05, 4.69) is 40.2 Å². The Morgan fingerprint density at radius 3 is 2.94 bits per heavy atom. The highest BCUT2D eigenvalue weighted by Gasteiger charge is 2.30. The van der Waals surface area contributed by atoms with Gasteiger partial charge in [0.05, 0.1) is 5.69 Å². The van der Waals surface area contributed by atoms with Crippen molar-refractivity contribution in [3.05, 3.63) is 21.4 Å². The lowest BCUT2D eigenvalue weighted by atomic mass is 10.1. The monoisotopic (exact) mass is 348 g/mol. The molecule has 1 aromatic heterocycles. The van der Waals surface area contributed by atoms with Gasteiger partial charge in [0.2, 0.25) is 5.91 Å². The van der Waals surface area contributed by atoms with Gasteiger partial charge in [0.25, 0.3) is 0 Å². The second-order valence-corrected chi connectivity index (χ2v) is 5.52. The van der Waals surface area contributed by atoms with E-state index in [1.807, 2.05) is 19.1 Å². The van der Waals surface area contributed by atoms with Crippen molar-refractivity contribution in [2.45, 2.75) is 13.3 Å². The van der Waals surface area contributed by atoms with Gasteiger partial charge in [-0.15, -0.1) is 0 Å². The molecule has 3 nitrogen and oxygen atoms in total.